The highest BCUT2D eigenvalue weighted by atomic mass is 19.1. The Morgan fingerprint density at radius 1 is 1.10 bits per heavy atom. The Bertz CT molecular complexity index is 633. The minimum atomic E-state index is -0.417. The number of halogens is 1. The third-order valence-electron chi connectivity index (χ3n) is 2.97. The molecular formula is C16H18FN3O. The zero-order valence-corrected chi connectivity index (χ0v) is 12.3. The summed E-state index contributed by atoms with van der Waals surface area (Å²) in [5, 5.41) is 5.28. The summed E-state index contributed by atoms with van der Waals surface area (Å²) < 4.78 is 12.8. The van der Waals surface area contributed by atoms with Crippen LogP contribution in [-0.4, -0.2) is 11.0 Å². The van der Waals surface area contributed by atoms with Crippen molar-refractivity contribution in [2.75, 3.05) is 10.6 Å². The van der Waals surface area contributed by atoms with Crippen molar-refractivity contribution in [3.05, 3.63) is 54.0 Å². The number of pyridine rings is 1. The molecule has 0 aliphatic heterocycles. The van der Waals surface area contributed by atoms with Crippen molar-refractivity contribution >= 4 is 17.5 Å². The van der Waals surface area contributed by atoms with Gasteiger partial charge in [0.05, 0.1) is 0 Å². The van der Waals surface area contributed by atoms with Gasteiger partial charge in [-0.05, 0) is 47.4 Å². The molecule has 1 aromatic heterocycles. The van der Waals surface area contributed by atoms with E-state index >= 15 is 0 Å². The fraction of sp³-hybridized carbons (Fsp3) is 0.250. The van der Waals surface area contributed by atoms with Crippen LogP contribution in [-0.2, 0) is 5.41 Å². The molecule has 2 aromatic rings. The second kappa shape index (κ2) is 5.91. The minimum Gasteiger partial charge on any atom is -0.308 e. The quantitative estimate of drug-likeness (QED) is 0.871. The number of aromatic nitrogens is 1. The lowest BCUT2D eigenvalue weighted by Crippen LogP contribution is -2.21. The number of nitrogens with one attached hydrogen (secondary N) is 2. The molecule has 4 nitrogen and oxygen atoms in total. The summed E-state index contributed by atoms with van der Waals surface area (Å²) >= 11 is 0. The third kappa shape index (κ3) is 4.27. The topological polar surface area (TPSA) is 54.0 Å². The van der Waals surface area contributed by atoms with Gasteiger partial charge in [-0.1, -0.05) is 20.8 Å². The van der Waals surface area contributed by atoms with Gasteiger partial charge in [0, 0.05) is 11.9 Å². The summed E-state index contributed by atoms with van der Waals surface area (Å²) in [6.07, 6.45) is 1.66. The lowest BCUT2D eigenvalue weighted by molar-refractivity contribution is 0.262. The molecular weight excluding hydrogens is 269 g/mol. The predicted octanol–water partition coefficient (Wildman–Crippen LogP) is 4.16. The SMILES string of the molecule is CC(C)(C)c1ccnc(NC(=O)Nc2ccc(F)cc2)c1. The molecule has 0 atom stereocenters. The van der Waals surface area contributed by atoms with Gasteiger partial charge in [-0.15, -0.1) is 0 Å². The monoisotopic (exact) mass is 287 g/mol. The average molecular weight is 287 g/mol. The number of hydrogen-bond donors (Lipinski definition) is 2. The van der Waals surface area contributed by atoms with Crippen LogP contribution < -0.4 is 10.6 Å². The summed E-state index contributed by atoms with van der Waals surface area (Å²) in [6.45, 7) is 6.26. The van der Waals surface area contributed by atoms with E-state index in [1.165, 1.54) is 24.3 Å². The van der Waals surface area contributed by atoms with Gasteiger partial charge < -0.3 is 5.32 Å². The van der Waals surface area contributed by atoms with Gasteiger partial charge in [0.25, 0.3) is 0 Å². The molecule has 0 saturated carbocycles. The Hall–Kier alpha value is -2.43. The van der Waals surface area contributed by atoms with E-state index in [1.54, 1.807) is 6.20 Å². The van der Waals surface area contributed by atoms with Crippen LogP contribution in [0.1, 0.15) is 26.3 Å². The molecule has 0 aliphatic rings. The number of urea groups is 1. The van der Waals surface area contributed by atoms with Crippen LogP contribution >= 0.6 is 0 Å². The van der Waals surface area contributed by atoms with E-state index < -0.39 is 6.03 Å². The number of benzene rings is 1. The maximum atomic E-state index is 12.8. The molecule has 0 spiro atoms. The van der Waals surface area contributed by atoms with Gasteiger partial charge in [-0.2, -0.15) is 0 Å². The number of amides is 2. The Kier molecular flexibility index (Phi) is 4.21. The van der Waals surface area contributed by atoms with Crippen molar-refractivity contribution in [2.24, 2.45) is 0 Å². The Labute approximate surface area is 123 Å². The van der Waals surface area contributed by atoms with E-state index in [0.29, 0.717) is 11.5 Å². The number of nitrogens with zero attached hydrogens (tertiary/aromatic N) is 1. The predicted molar refractivity (Wildman–Crippen MR) is 82.0 cm³/mol. The van der Waals surface area contributed by atoms with Crippen molar-refractivity contribution < 1.29 is 9.18 Å². The molecule has 0 fully saturated rings. The van der Waals surface area contributed by atoms with Crippen LogP contribution in [0.25, 0.3) is 0 Å². The summed E-state index contributed by atoms with van der Waals surface area (Å²) in [5.74, 6) is 0.127. The first-order chi connectivity index (χ1) is 9.84. The summed E-state index contributed by atoms with van der Waals surface area (Å²) in [6, 6.07) is 8.90. The molecule has 21 heavy (non-hydrogen) atoms. The largest absolute Gasteiger partial charge is 0.324 e. The van der Waals surface area contributed by atoms with Gasteiger partial charge in [-0.3, -0.25) is 5.32 Å². The van der Waals surface area contributed by atoms with Gasteiger partial charge in [0.1, 0.15) is 11.6 Å². The van der Waals surface area contributed by atoms with Crippen molar-refractivity contribution in [1.29, 1.82) is 0 Å². The highest BCUT2D eigenvalue weighted by molar-refractivity contribution is 5.99. The van der Waals surface area contributed by atoms with Gasteiger partial charge >= 0.3 is 6.03 Å². The van der Waals surface area contributed by atoms with E-state index in [9.17, 15) is 9.18 Å². The molecule has 5 heteroatoms. The van der Waals surface area contributed by atoms with E-state index in [-0.39, 0.29) is 11.2 Å². The van der Waals surface area contributed by atoms with Crippen LogP contribution in [0.3, 0.4) is 0 Å². The van der Waals surface area contributed by atoms with Crippen LogP contribution in [0.5, 0.6) is 0 Å². The van der Waals surface area contributed by atoms with Crippen LogP contribution in [0.4, 0.5) is 20.7 Å². The highest BCUT2D eigenvalue weighted by Gasteiger charge is 2.14. The smallest absolute Gasteiger partial charge is 0.308 e. The number of anilines is 2. The molecule has 0 bridgehead atoms. The van der Waals surface area contributed by atoms with Gasteiger partial charge in [-0.25, -0.2) is 14.2 Å². The number of hydrogen-bond acceptors (Lipinski definition) is 2. The third-order valence-corrected chi connectivity index (χ3v) is 2.97. The molecule has 2 N–H and O–H groups in total. The maximum absolute atomic E-state index is 12.8. The van der Waals surface area contributed by atoms with E-state index in [4.69, 9.17) is 0 Å². The van der Waals surface area contributed by atoms with Crippen LogP contribution in [0, 0.1) is 5.82 Å². The second-order valence-corrected chi connectivity index (χ2v) is 5.77. The lowest BCUT2D eigenvalue weighted by atomic mass is 9.88. The maximum Gasteiger partial charge on any atom is 0.324 e. The lowest BCUT2D eigenvalue weighted by Gasteiger charge is -2.19. The van der Waals surface area contributed by atoms with Crippen molar-refractivity contribution in [1.82, 2.24) is 4.98 Å². The van der Waals surface area contributed by atoms with Crippen molar-refractivity contribution in [3.8, 4) is 0 Å². The van der Waals surface area contributed by atoms with Crippen molar-refractivity contribution in [3.63, 3.8) is 0 Å². The minimum absolute atomic E-state index is 0.0210. The highest BCUT2D eigenvalue weighted by Crippen LogP contribution is 2.23. The summed E-state index contributed by atoms with van der Waals surface area (Å²) in [4.78, 5) is 16.0. The normalized spacial score (nSPS) is 11.0. The molecule has 0 aliphatic carbocycles. The van der Waals surface area contributed by atoms with Gasteiger partial charge in [0.15, 0.2) is 0 Å². The fourth-order valence-electron chi connectivity index (χ4n) is 1.78. The van der Waals surface area contributed by atoms with Gasteiger partial charge in [0.2, 0.25) is 0 Å². The van der Waals surface area contributed by atoms with E-state index in [1.807, 2.05) is 12.1 Å². The Morgan fingerprint density at radius 2 is 1.76 bits per heavy atom. The van der Waals surface area contributed by atoms with E-state index in [2.05, 4.69) is 36.4 Å². The Balaban J connectivity index is 2.04. The van der Waals surface area contributed by atoms with E-state index in [0.717, 1.165) is 5.56 Å². The average Bonchev–Trinajstić information content (AvgIpc) is 2.41. The number of carbonyl (C=O) groups is 1. The molecule has 1 heterocycles. The first kappa shape index (κ1) is 15.0. The summed E-state index contributed by atoms with van der Waals surface area (Å²) in [7, 11) is 0. The molecule has 0 unspecified atom stereocenters. The first-order valence-electron chi connectivity index (χ1n) is 6.65. The zero-order valence-electron chi connectivity index (χ0n) is 12.3. The number of rotatable bonds is 2. The number of carbonyl (C=O) groups excluding carboxylic acids is 1. The Morgan fingerprint density at radius 3 is 2.38 bits per heavy atom. The molecule has 110 valence electrons. The fourth-order valence-corrected chi connectivity index (χ4v) is 1.78. The molecule has 0 saturated heterocycles. The summed E-state index contributed by atoms with van der Waals surface area (Å²) in [5.41, 5.74) is 1.57. The van der Waals surface area contributed by atoms with Crippen LogP contribution in [0.2, 0.25) is 0 Å². The molecule has 2 amide bonds. The molecule has 1 aromatic carbocycles. The standard InChI is InChI=1S/C16H18FN3O/c1-16(2,3)11-8-9-18-14(10-11)20-15(21)19-13-6-4-12(17)5-7-13/h4-10H,1-3H3,(H2,18,19,20,21). The zero-order chi connectivity index (χ0) is 15.5. The van der Waals surface area contributed by atoms with Crippen LogP contribution in [0.15, 0.2) is 42.6 Å². The molecule has 0 radical (unpaired) electrons. The first-order valence-corrected chi connectivity index (χ1v) is 6.65. The second-order valence-electron chi connectivity index (χ2n) is 5.77. The van der Waals surface area contributed by atoms with Crippen molar-refractivity contribution in [2.45, 2.75) is 26.2 Å². The molecule has 2 rings (SSSR count).